The van der Waals surface area contributed by atoms with Crippen LogP contribution in [0.2, 0.25) is 0 Å². The normalized spacial score (nSPS) is 27.0. The number of likely N-dealkylation sites (tertiary alicyclic amines) is 1. The quantitative estimate of drug-likeness (QED) is 0.688. The van der Waals surface area contributed by atoms with Gasteiger partial charge in [-0.25, -0.2) is 0 Å². The molecule has 0 spiro atoms. The number of piperidine rings is 1. The van der Waals surface area contributed by atoms with E-state index in [9.17, 15) is 0 Å². The minimum atomic E-state index is 0.779. The molecule has 1 heterocycles. The molecule has 0 aromatic heterocycles. The molecule has 0 aromatic carbocycles. The van der Waals surface area contributed by atoms with E-state index in [4.69, 9.17) is 4.74 Å². The number of hydrogen-bond acceptors (Lipinski definition) is 3. The fourth-order valence-corrected chi connectivity index (χ4v) is 2.98. The van der Waals surface area contributed by atoms with Crippen LogP contribution >= 0.6 is 0 Å². The standard InChI is InChI=1S/C14H28N2O/c1-17-10-8-15-11-14-7-2-3-9-16(14)12-13-5-4-6-13/h13-15H,2-12H2,1H3. The summed E-state index contributed by atoms with van der Waals surface area (Å²) in [7, 11) is 1.77. The zero-order valence-electron chi connectivity index (χ0n) is 11.3. The molecule has 1 saturated heterocycles. The highest BCUT2D eigenvalue weighted by atomic mass is 16.5. The molecule has 2 fully saturated rings. The van der Waals surface area contributed by atoms with E-state index in [0.717, 1.165) is 31.7 Å². The van der Waals surface area contributed by atoms with Crippen molar-refractivity contribution < 1.29 is 4.74 Å². The van der Waals surface area contributed by atoms with Crippen LogP contribution in [-0.2, 0) is 4.74 Å². The highest BCUT2D eigenvalue weighted by Gasteiger charge is 2.26. The van der Waals surface area contributed by atoms with Crippen LogP contribution in [-0.4, -0.2) is 50.8 Å². The average molecular weight is 240 g/mol. The molecule has 0 aromatic rings. The van der Waals surface area contributed by atoms with Crippen LogP contribution in [0.5, 0.6) is 0 Å². The molecular weight excluding hydrogens is 212 g/mol. The highest BCUT2D eigenvalue weighted by Crippen LogP contribution is 2.29. The molecule has 2 rings (SSSR count). The lowest BCUT2D eigenvalue weighted by molar-refractivity contribution is 0.0979. The Morgan fingerprint density at radius 1 is 1.18 bits per heavy atom. The molecule has 1 aliphatic carbocycles. The van der Waals surface area contributed by atoms with Gasteiger partial charge >= 0.3 is 0 Å². The number of ether oxygens (including phenoxy) is 1. The monoisotopic (exact) mass is 240 g/mol. The Morgan fingerprint density at radius 3 is 2.76 bits per heavy atom. The molecule has 1 saturated carbocycles. The second-order valence-electron chi connectivity index (χ2n) is 5.64. The summed E-state index contributed by atoms with van der Waals surface area (Å²) in [5.74, 6) is 1.01. The number of nitrogens with one attached hydrogen (secondary N) is 1. The minimum absolute atomic E-state index is 0.779. The van der Waals surface area contributed by atoms with Crippen LogP contribution in [0.25, 0.3) is 0 Å². The lowest BCUT2D eigenvalue weighted by atomic mass is 9.84. The molecule has 1 atom stereocenters. The molecular formula is C14H28N2O. The van der Waals surface area contributed by atoms with Crippen molar-refractivity contribution >= 4 is 0 Å². The Kier molecular flexibility index (Phi) is 5.75. The molecule has 3 nitrogen and oxygen atoms in total. The number of methoxy groups -OCH3 is 1. The van der Waals surface area contributed by atoms with Gasteiger partial charge in [-0.2, -0.15) is 0 Å². The van der Waals surface area contributed by atoms with E-state index in [1.54, 1.807) is 7.11 Å². The van der Waals surface area contributed by atoms with Gasteiger partial charge in [0.15, 0.2) is 0 Å². The number of hydrogen-bond donors (Lipinski definition) is 1. The maximum absolute atomic E-state index is 5.07. The number of rotatable bonds is 7. The molecule has 0 amide bonds. The second kappa shape index (κ2) is 7.34. The van der Waals surface area contributed by atoms with Gasteiger partial charge in [-0.15, -0.1) is 0 Å². The third kappa shape index (κ3) is 4.23. The summed E-state index contributed by atoms with van der Waals surface area (Å²) in [5.41, 5.74) is 0. The maximum atomic E-state index is 5.07. The van der Waals surface area contributed by atoms with E-state index >= 15 is 0 Å². The lowest BCUT2D eigenvalue weighted by Crippen LogP contribution is -2.48. The predicted octanol–water partition coefficient (Wildman–Crippen LogP) is 1.88. The summed E-state index contributed by atoms with van der Waals surface area (Å²) in [5, 5.41) is 3.53. The predicted molar refractivity (Wildman–Crippen MR) is 71.3 cm³/mol. The van der Waals surface area contributed by atoms with Gasteiger partial charge in [-0.05, 0) is 38.1 Å². The average Bonchev–Trinajstić information content (AvgIpc) is 2.31. The van der Waals surface area contributed by atoms with Gasteiger partial charge in [-0.1, -0.05) is 12.8 Å². The summed E-state index contributed by atoms with van der Waals surface area (Å²) < 4.78 is 5.07. The molecule has 2 aliphatic rings. The zero-order valence-corrected chi connectivity index (χ0v) is 11.3. The first-order chi connectivity index (χ1) is 8.40. The number of nitrogens with zero attached hydrogens (tertiary/aromatic N) is 1. The van der Waals surface area contributed by atoms with Crippen molar-refractivity contribution in [2.75, 3.05) is 39.9 Å². The van der Waals surface area contributed by atoms with Crippen molar-refractivity contribution in [1.82, 2.24) is 10.2 Å². The Hall–Kier alpha value is -0.120. The fraction of sp³-hybridized carbons (Fsp3) is 1.00. The summed E-state index contributed by atoms with van der Waals surface area (Å²) in [6, 6.07) is 0.779. The second-order valence-corrected chi connectivity index (χ2v) is 5.64. The largest absolute Gasteiger partial charge is 0.383 e. The molecule has 3 heteroatoms. The van der Waals surface area contributed by atoms with Gasteiger partial charge in [0.05, 0.1) is 6.61 Å². The maximum Gasteiger partial charge on any atom is 0.0587 e. The van der Waals surface area contributed by atoms with Crippen LogP contribution in [0.3, 0.4) is 0 Å². The SMILES string of the molecule is COCCNCC1CCCCN1CC1CCC1. The lowest BCUT2D eigenvalue weighted by Gasteiger charge is -2.40. The molecule has 0 radical (unpaired) electrons. The van der Waals surface area contributed by atoms with E-state index < -0.39 is 0 Å². The minimum Gasteiger partial charge on any atom is -0.383 e. The van der Waals surface area contributed by atoms with Crippen molar-refractivity contribution in [1.29, 1.82) is 0 Å². The van der Waals surface area contributed by atoms with Gasteiger partial charge in [0.1, 0.15) is 0 Å². The smallest absolute Gasteiger partial charge is 0.0587 e. The van der Waals surface area contributed by atoms with Crippen LogP contribution in [0.15, 0.2) is 0 Å². The summed E-state index contributed by atoms with van der Waals surface area (Å²) >= 11 is 0. The summed E-state index contributed by atoms with van der Waals surface area (Å²) in [4.78, 5) is 2.74. The fourth-order valence-electron chi connectivity index (χ4n) is 2.98. The molecule has 1 unspecified atom stereocenters. The van der Waals surface area contributed by atoms with Crippen LogP contribution in [0.4, 0.5) is 0 Å². The Labute approximate surface area is 106 Å². The molecule has 17 heavy (non-hydrogen) atoms. The first-order valence-electron chi connectivity index (χ1n) is 7.34. The summed E-state index contributed by atoms with van der Waals surface area (Å²) in [6.45, 7) is 5.65. The Balaban J connectivity index is 1.67. The van der Waals surface area contributed by atoms with Crippen LogP contribution in [0, 0.1) is 5.92 Å². The Morgan fingerprint density at radius 2 is 2.06 bits per heavy atom. The Bertz CT molecular complexity index is 206. The van der Waals surface area contributed by atoms with E-state index in [2.05, 4.69) is 10.2 Å². The van der Waals surface area contributed by atoms with Gasteiger partial charge in [0.25, 0.3) is 0 Å². The summed E-state index contributed by atoms with van der Waals surface area (Å²) in [6.07, 6.45) is 8.61. The topological polar surface area (TPSA) is 24.5 Å². The van der Waals surface area contributed by atoms with Crippen molar-refractivity contribution in [3.05, 3.63) is 0 Å². The first kappa shape index (κ1) is 13.3. The van der Waals surface area contributed by atoms with Gasteiger partial charge in [-0.3, -0.25) is 4.90 Å². The van der Waals surface area contributed by atoms with Crippen LogP contribution in [0.1, 0.15) is 38.5 Å². The van der Waals surface area contributed by atoms with Crippen molar-refractivity contribution in [3.8, 4) is 0 Å². The molecule has 100 valence electrons. The van der Waals surface area contributed by atoms with E-state index in [1.165, 1.54) is 51.6 Å². The highest BCUT2D eigenvalue weighted by molar-refractivity contribution is 4.82. The van der Waals surface area contributed by atoms with Gasteiger partial charge < -0.3 is 10.1 Å². The van der Waals surface area contributed by atoms with Crippen molar-refractivity contribution in [3.63, 3.8) is 0 Å². The molecule has 1 N–H and O–H groups in total. The molecule has 1 aliphatic heterocycles. The van der Waals surface area contributed by atoms with Crippen molar-refractivity contribution in [2.45, 2.75) is 44.6 Å². The third-order valence-corrected chi connectivity index (χ3v) is 4.33. The first-order valence-corrected chi connectivity index (χ1v) is 7.34. The third-order valence-electron chi connectivity index (χ3n) is 4.33. The van der Waals surface area contributed by atoms with E-state index in [1.807, 2.05) is 0 Å². The molecule has 0 bridgehead atoms. The van der Waals surface area contributed by atoms with Gasteiger partial charge in [0.2, 0.25) is 0 Å². The van der Waals surface area contributed by atoms with Crippen molar-refractivity contribution in [2.24, 2.45) is 5.92 Å². The van der Waals surface area contributed by atoms with Gasteiger partial charge in [0, 0.05) is 32.8 Å². The van der Waals surface area contributed by atoms with E-state index in [-0.39, 0.29) is 0 Å². The zero-order chi connectivity index (χ0) is 11.9. The van der Waals surface area contributed by atoms with Crippen LogP contribution < -0.4 is 5.32 Å². The van der Waals surface area contributed by atoms with E-state index in [0.29, 0.717) is 0 Å².